The first-order valence-corrected chi connectivity index (χ1v) is 9.15. The Bertz CT molecular complexity index is 914. The first kappa shape index (κ1) is 15.4. The first-order chi connectivity index (χ1) is 11.7. The fraction of sp³-hybridized carbons (Fsp3) is 0.409. The van der Waals surface area contributed by atoms with E-state index >= 15 is 0 Å². The lowest BCUT2D eigenvalue weighted by atomic mass is 9.80. The molecule has 0 radical (unpaired) electrons. The number of hydrogen-bond acceptors (Lipinski definition) is 2. The van der Waals surface area contributed by atoms with Gasteiger partial charge in [0.1, 0.15) is 11.2 Å². The van der Waals surface area contributed by atoms with Crippen LogP contribution in [0.5, 0.6) is 0 Å². The summed E-state index contributed by atoms with van der Waals surface area (Å²) < 4.78 is 5.97. The van der Waals surface area contributed by atoms with Gasteiger partial charge in [0, 0.05) is 0 Å². The zero-order valence-electron chi connectivity index (χ0n) is 14.3. The Kier molecular flexibility index (Phi) is 4.13. The minimum absolute atomic E-state index is 0.0691. The van der Waals surface area contributed by atoms with Crippen molar-refractivity contribution in [2.75, 3.05) is 0 Å². The van der Waals surface area contributed by atoms with Gasteiger partial charge in [0.15, 0.2) is 0 Å². The average Bonchev–Trinajstić information content (AvgIpc) is 2.61. The zero-order chi connectivity index (χ0) is 16.5. The smallest absolute Gasteiger partial charge is 0.200 e. The molecule has 1 saturated carbocycles. The normalized spacial score (nSPS) is 21.4. The molecule has 4 rings (SSSR count). The first-order valence-electron chi connectivity index (χ1n) is 9.15. The minimum Gasteiger partial charge on any atom is -0.456 e. The summed E-state index contributed by atoms with van der Waals surface area (Å²) in [6, 6.07) is 13.6. The summed E-state index contributed by atoms with van der Waals surface area (Å²) in [5.41, 5.74) is 2.74. The van der Waals surface area contributed by atoms with Crippen LogP contribution in [-0.2, 0) is 6.42 Å². The quantitative estimate of drug-likeness (QED) is 0.579. The van der Waals surface area contributed by atoms with Crippen LogP contribution in [0, 0.1) is 11.8 Å². The lowest BCUT2D eigenvalue weighted by Crippen LogP contribution is -2.13. The summed E-state index contributed by atoms with van der Waals surface area (Å²) >= 11 is 0. The van der Waals surface area contributed by atoms with Crippen LogP contribution in [0.3, 0.4) is 0 Å². The highest BCUT2D eigenvalue weighted by Crippen LogP contribution is 2.31. The Morgan fingerprint density at radius 3 is 2.54 bits per heavy atom. The highest BCUT2D eigenvalue weighted by molar-refractivity contribution is 5.89. The molecule has 0 atom stereocenters. The van der Waals surface area contributed by atoms with Crippen LogP contribution in [0.25, 0.3) is 21.9 Å². The molecule has 0 saturated heterocycles. The second-order valence-electron chi connectivity index (χ2n) is 7.42. The summed E-state index contributed by atoms with van der Waals surface area (Å²) in [5.74, 6) is 1.77. The van der Waals surface area contributed by atoms with E-state index in [0.717, 1.165) is 18.3 Å². The summed E-state index contributed by atoms with van der Waals surface area (Å²) in [6.07, 6.45) is 7.82. The van der Waals surface area contributed by atoms with Crippen molar-refractivity contribution < 1.29 is 4.42 Å². The molecule has 0 aliphatic heterocycles. The number of aryl methyl sites for hydroxylation is 1. The molecular formula is C22H24O2. The Morgan fingerprint density at radius 1 is 0.958 bits per heavy atom. The van der Waals surface area contributed by atoms with Crippen molar-refractivity contribution in [3.8, 4) is 0 Å². The summed E-state index contributed by atoms with van der Waals surface area (Å²) in [5, 5.41) is 1.35. The van der Waals surface area contributed by atoms with Gasteiger partial charge in [-0.1, -0.05) is 50.8 Å². The second-order valence-corrected chi connectivity index (χ2v) is 7.42. The highest BCUT2D eigenvalue weighted by atomic mass is 16.3. The van der Waals surface area contributed by atoms with E-state index in [4.69, 9.17) is 4.42 Å². The van der Waals surface area contributed by atoms with Crippen molar-refractivity contribution in [1.82, 2.24) is 0 Å². The van der Waals surface area contributed by atoms with Crippen molar-refractivity contribution in [2.45, 2.75) is 45.4 Å². The molecular weight excluding hydrogens is 296 g/mol. The summed E-state index contributed by atoms with van der Waals surface area (Å²) in [6.45, 7) is 2.37. The van der Waals surface area contributed by atoms with Gasteiger partial charge in [-0.3, -0.25) is 4.79 Å². The molecule has 0 N–H and O–H groups in total. The van der Waals surface area contributed by atoms with Gasteiger partial charge in [0.25, 0.3) is 0 Å². The topological polar surface area (TPSA) is 30.2 Å². The Balaban J connectivity index is 1.59. The number of benzene rings is 2. The highest BCUT2D eigenvalue weighted by Gasteiger charge is 2.18. The SMILES string of the molecule is CC1CCC(CCc2ccc3c(=O)c4ccccc4oc3c2)CC1. The van der Waals surface area contributed by atoms with Crippen LogP contribution in [0.2, 0.25) is 0 Å². The van der Waals surface area contributed by atoms with Crippen LogP contribution in [0.1, 0.15) is 44.6 Å². The van der Waals surface area contributed by atoms with E-state index in [9.17, 15) is 4.79 Å². The molecule has 2 nitrogen and oxygen atoms in total. The van der Waals surface area contributed by atoms with E-state index in [0.29, 0.717) is 21.9 Å². The summed E-state index contributed by atoms with van der Waals surface area (Å²) in [4.78, 5) is 12.6. The molecule has 1 fully saturated rings. The number of hydrogen-bond donors (Lipinski definition) is 0. The predicted molar refractivity (Wildman–Crippen MR) is 99.4 cm³/mol. The van der Waals surface area contributed by atoms with Gasteiger partial charge in [0.05, 0.1) is 10.8 Å². The lowest BCUT2D eigenvalue weighted by Gasteiger charge is -2.26. The van der Waals surface area contributed by atoms with Crippen LogP contribution in [0.4, 0.5) is 0 Å². The van der Waals surface area contributed by atoms with Gasteiger partial charge < -0.3 is 4.42 Å². The van der Waals surface area contributed by atoms with Crippen molar-refractivity contribution >= 4 is 21.9 Å². The molecule has 24 heavy (non-hydrogen) atoms. The van der Waals surface area contributed by atoms with Crippen molar-refractivity contribution in [3.05, 3.63) is 58.3 Å². The second kappa shape index (κ2) is 6.43. The van der Waals surface area contributed by atoms with Gasteiger partial charge in [-0.15, -0.1) is 0 Å². The fourth-order valence-electron chi connectivity index (χ4n) is 3.99. The number of fused-ring (bicyclic) bond motifs is 2. The molecule has 2 heteroatoms. The van der Waals surface area contributed by atoms with Gasteiger partial charge in [-0.25, -0.2) is 0 Å². The fourth-order valence-corrected chi connectivity index (χ4v) is 3.99. The molecule has 1 aliphatic carbocycles. The van der Waals surface area contributed by atoms with Gasteiger partial charge in [-0.2, -0.15) is 0 Å². The zero-order valence-corrected chi connectivity index (χ0v) is 14.3. The Morgan fingerprint density at radius 2 is 1.71 bits per heavy atom. The van der Waals surface area contributed by atoms with E-state index < -0.39 is 0 Å². The van der Waals surface area contributed by atoms with E-state index in [-0.39, 0.29) is 5.43 Å². The largest absolute Gasteiger partial charge is 0.456 e. The third-order valence-corrected chi connectivity index (χ3v) is 5.62. The van der Waals surface area contributed by atoms with E-state index in [1.165, 1.54) is 37.7 Å². The standard InChI is InChI=1S/C22H24O2/c1-15-6-8-16(9-7-15)10-11-17-12-13-19-21(14-17)24-20-5-3-2-4-18(20)22(19)23/h2-5,12-16H,6-11H2,1H3. The predicted octanol–water partition coefficient (Wildman–Crippen LogP) is 5.71. The molecule has 1 heterocycles. The van der Waals surface area contributed by atoms with Crippen molar-refractivity contribution in [2.24, 2.45) is 11.8 Å². The molecule has 124 valence electrons. The Labute approximate surface area is 142 Å². The van der Waals surface area contributed by atoms with Crippen LogP contribution in [0.15, 0.2) is 51.7 Å². The van der Waals surface area contributed by atoms with E-state index in [1.54, 1.807) is 0 Å². The van der Waals surface area contributed by atoms with E-state index in [2.05, 4.69) is 19.1 Å². The van der Waals surface area contributed by atoms with Crippen LogP contribution < -0.4 is 5.43 Å². The maximum absolute atomic E-state index is 12.6. The molecule has 0 unspecified atom stereocenters. The Hall–Kier alpha value is -2.09. The molecule has 0 spiro atoms. The molecule has 1 aromatic heterocycles. The average molecular weight is 320 g/mol. The minimum atomic E-state index is 0.0691. The van der Waals surface area contributed by atoms with Gasteiger partial charge >= 0.3 is 0 Å². The maximum atomic E-state index is 12.6. The molecule has 2 aromatic carbocycles. The van der Waals surface area contributed by atoms with E-state index in [1.807, 2.05) is 30.3 Å². The molecule has 0 amide bonds. The third kappa shape index (κ3) is 2.98. The maximum Gasteiger partial charge on any atom is 0.200 e. The number of para-hydroxylation sites is 1. The van der Waals surface area contributed by atoms with Gasteiger partial charge in [-0.05, 0) is 54.5 Å². The van der Waals surface area contributed by atoms with Crippen LogP contribution >= 0.6 is 0 Å². The monoisotopic (exact) mass is 320 g/mol. The van der Waals surface area contributed by atoms with Crippen LogP contribution in [-0.4, -0.2) is 0 Å². The molecule has 0 bridgehead atoms. The van der Waals surface area contributed by atoms with Crippen molar-refractivity contribution in [1.29, 1.82) is 0 Å². The summed E-state index contributed by atoms with van der Waals surface area (Å²) in [7, 11) is 0. The number of rotatable bonds is 3. The van der Waals surface area contributed by atoms with Gasteiger partial charge in [0.2, 0.25) is 5.43 Å². The molecule has 1 aliphatic rings. The lowest BCUT2D eigenvalue weighted by molar-refractivity contribution is 0.278. The third-order valence-electron chi connectivity index (χ3n) is 5.62. The molecule has 3 aromatic rings. The van der Waals surface area contributed by atoms with Crippen molar-refractivity contribution in [3.63, 3.8) is 0 Å².